The van der Waals surface area contributed by atoms with Gasteiger partial charge in [0.1, 0.15) is 0 Å². The second-order valence-corrected chi connectivity index (χ2v) is 18.9. The largest absolute Gasteiger partial charge is 0.344 e. The first kappa shape index (κ1) is 32.7. The van der Waals surface area contributed by atoms with Crippen molar-refractivity contribution in [1.82, 2.24) is 4.57 Å². The fourth-order valence-corrected chi connectivity index (χ4v) is 11.1. The summed E-state index contributed by atoms with van der Waals surface area (Å²) in [6.07, 6.45) is 5.87. The lowest BCUT2D eigenvalue weighted by atomic mass is 9.68. The predicted octanol–water partition coefficient (Wildman–Crippen LogP) is 13.3. The average molecular weight is 690 g/mol. The van der Waals surface area contributed by atoms with Crippen molar-refractivity contribution in [2.75, 3.05) is 0 Å². The van der Waals surface area contributed by atoms with Crippen molar-refractivity contribution in [1.29, 1.82) is 0 Å². The molecule has 0 aliphatic heterocycles. The number of fused-ring (bicyclic) bond motifs is 1. The summed E-state index contributed by atoms with van der Waals surface area (Å²) >= 11 is 0. The van der Waals surface area contributed by atoms with Crippen LogP contribution < -0.4 is 0 Å². The van der Waals surface area contributed by atoms with Crippen LogP contribution in [0.5, 0.6) is 0 Å². The van der Waals surface area contributed by atoms with Crippen LogP contribution in [0.25, 0.3) is 49.5 Å². The van der Waals surface area contributed by atoms with Crippen LogP contribution >= 0.6 is 0 Å². The molecule has 1 heterocycles. The van der Waals surface area contributed by atoms with E-state index in [9.17, 15) is 0 Å². The van der Waals surface area contributed by atoms with E-state index in [0.29, 0.717) is 0 Å². The summed E-state index contributed by atoms with van der Waals surface area (Å²) in [7, 11) is 2.26. The molecule has 1 nitrogen and oxygen atoms in total. The highest BCUT2D eigenvalue weighted by molar-refractivity contribution is 6.10. The maximum Gasteiger partial charge on any atom is 0.0482 e. The van der Waals surface area contributed by atoms with Gasteiger partial charge in [-0.3, -0.25) is 0 Å². The van der Waals surface area contributed by atoms with Gasteiger partial charge < -0.3 is 4.57 Å². The second-order valence-electron chi connectivity index (χ2n) is 18.9. The van der Waals surface area contributed by atoms with E-state index in [-0.39, 0.29) is 21.7 Å². The number of hydrogen-bond donors (Lipinski definition) is 0. The van der Waals surface area contributed by atoms with Crippen molar-refractivity contribution in [3.05, 3.63) is 158 Å². The molecular formula is C52H51N. The van der Waals surface area contributed by atoms with Crippen LogP contribution in [-0.4, -0.2) is 4.57 Å². The number of rotatable bonds is 2. The van der Waals surface area contributed by atoms with Crippen molar-refractivity contribution in [2.45, 2.75) is 97.3 Å². The van der Waals surface area contributed by atoms with Gasteiger partial charge in [-0.1, -0.05) is 122 Å². The maximum absolute atomic E-state index is 4.80. The Hall–Kier alpha value is -4.88. The highest BCUT2D eigenvalue weighted by Gasteiger charge is 2.46. The van der Waals surface area contributed by atoms with E-state index in [1.54, 1.807) is 0 Å². The molecule has 0 amide bonds. The van der Waals surface area contributed by atoms with Crippen LogP contribution in [0.2, 0.25) is 0 Å². The van der Waals surface area contributed by atoms with E-state index in [2.05, 4.69) is 166 Å². The van der Waals surface area contributed by atoms with Crippen LogP contribution in [-0.2, 0) is 35.1 Å². The van der Waals surface area contributed by atoms with E-state index in [1.807, 2.05) is 0 Å². The SMILES string of the molecule is C=C1/C=C(c2ccc(-c3cc4c5c(c3)C(C)(C)c3cccc6c(C)cc(c-5c36)C4(C)C)n2C)\C=C2/Cc3c(cc(C)c4cccc(c34)C1(C)C)C2(C)C. The van der Waals surface area contributed by atoms with Gasteiger partial charge in [0, 0.05) is 40.1 Å². The average Bonchev–Trinajstić information content (AvgIpc) is 3.69. The number of nitrogens with zero attached hydrogens (tertiary/aromatic N) is 1. The quantitative estimate of drug-likeness (QED) is 0.171. The Morgan fingerprint density at radius 1 is 0.547 bits per heavy atom. The van der Waals surface area contributed by atoms with Gasteiger partial charge >= 0.3 is 0 Å². The molecular weight excluding hydrogens is 639 g/mol. The molecule has 0 radical (unpaired) electrons. The molecule has 4 aliphatic carbocycles. The molecule has 6 aromatic rings. The fraction of sp³-hybridized carbons (Fsp3) is 0.308. The first-order valence-electron chi connectivity index (χ1n) is 19.6. The summed E-state index contributed by atoms with van der Waals surface area (Å²) in [5, 5.41) is 5.68. The lowest BCUT2D eigenvalue weighted by Gasteiger charge is -2.35. The third-order valence-electron chi connectivity index (χ3n) is 14.6. The van der Waals surface area contributed by atoms with Crippen LogP contribution in [0.4, 0.5) is 0 Å². The highest BCUT2D eigenvalue weighted by atomic mass is 15.0. The van der Waals surface area contributed by atoms with Gasteiger partial charge in [0.2, 0.25) is 0 Å². The van der Waals surface area contributed by atoms with Gasteiger partial charge in [-0.15, -0.1) is 0 Å². The first-order chi connectivity index (χ1) is 25.0. The number of aryl methyl sites for hydroxylation is 2. The van der Waals surface area contributed by atoms with Crippen LogP contribution in [0, 0.1) is 13.8 Å². The molecule has 4 aliphatic rings. The standard InChI is InChI=1S/C52H51N/c1-28-21-39-36-27-33(50(39,6)7)24-31(23-30(3)49(4,5)37-17-13-15-34(28)45(36)37)43-19-20-44(53(43)12)32-25-41-47-42(26-32)52(10,11)40-22-29(2)35-16-14-18-38(51(41,8)9)46(35)48(40)47/h13-26H,3,27H2,1-2,4-12H3/b31-23+,33-24+. The van der Waals surface area contributed by atoms with Gasteiger partial charge in [0.15, 0.2) is 0 Å². The van der Waals surface area contributed by atoms with E-state index in [0.717, 1.165) is 12.0 Å². The number of allylic oxidation sites excluding steroid dienone is 5. The topological polar surface area (TPSA) is 4.93 Å². The molecule has 1 aromatic heterocycles. The van der Waals surface area contributed by atoms with Crippen molar-refractivity contribution in [2.24, 2.45) is 7.05 Å². The number of hydrogen-bond acceptors (Lipinski definition) is 0. The van der Waals surface area contributed by atoms with Crippen LogP contribution in [0.15, 0.2) is 103 Å². The molecule has 0 saturated heterocycles. The van der Waals surface area contributed by atoms with E-state index in [1.165, 1.54) is 111 Å². The Morgan fingerprint density at radius 3 is 1.75 bits per heavy atom. The highest BCUT2D eigenvalue weighted by Crippen LogP contribution is 2.61. The minimum Gasteiger partial charge on any atom is -0.344 e. The van der Waals surface area contributed by atoms with Gasteiger partial charge in [0.25, 0.3) is 0 Å². The first-order valence-corrected chi connectivity index (χ1v) is 19.6. The van der Waals surface area contributed by atoms with Gasteiger partial charge in [-0.05, 0) is 150 Å². The third kappa shape index (κ3) is 3.94. The smallest absolute Gasteiger partial charge is 0.0482 e. The number of benzene rings is 5. The van der Waals surface area contributed by atoms with Gasteiger partial charge in [-0.25, -0.2) is 0 Å². The molecule has 0 atom stereocenters. The Bertz CT molecular complexity index is 2780. The Morgan fingerprint density at radius 2 is 1.09 bits per heavy atom. The van der Waals surface area contributed by atoms with Crippen molar-refractivity contribution in [3.63, 3.8) is 0 Å². The lowest BCUT2D eigenvalue weighted by Crippen LogP contribution is -2.24. The van der Waals surface area contributed by atoms with Crippen molar-refractivity contribution < 1.29 is 0 Å². The van der Waals surface area contributed by atoms with E-state index in [4.69, 9.17) is 6.58 Å². The van der Waals surface area contributed by atoms with Gasteiger partial charge in [0.05, 0.1) is 0 Å². The Kier molecular flexibility index (Phi) is 6.18. The molecule has 0 spiro atoms. The molecule has 1 heteroatoms. The molecule has 5 aromatic carbocycles. The molecule has 0 N–H and O–H groups in total. The lowest BCUT2D eigenvalue weighted by molar-refractivity contribution is 0.639. The summed E-state index contributed by atoms with van der Waals surface area (Å²) in [5.41, 5.74) is 23.0. The molecule has 0 unspecified atom stereocenters. The molecule has 2 bridgehead atoms. The van der Waals surface area contributed by atoms with Crippen LogP contribution in [0.1, 0.15) is 111 Å². The second kappa shape index (κ2) is 10.00. The maximum atomic E-state index is 4.80. The molecule has 264 valence electrons. The summed E-state index contributed by atoms with van der Waals surface area (Å²) in [6, 6.07) is 28.6. The minimum atomic E-state index is -0.243. The summed E-state index contributed by atoms with van der Waals surface area (Å²) in [5.74, 6) is 0. The minimum absolute atomic E-state index is 0.0703. The number of aromatic nitrogens is 1. The monoisotopic (exact) mass is 689 g/mol. The third-order valence-corrected chi connectivity index (χ3v) is 14.6. The van der Waals surface area contributed by atoms with E-state index >= 15 is 0 Å². The zero-order valence-electron chi connectivity index (χ0n) is 33.4. The Labute approximate surface area is 315 Å². The van der Waals surface area contributed by atoms with Gasteiger partial charge in [-0.2, -0.15) is 0 Å². The van der Waals surface area contributed by atoms with Crippen molar-refractivity contribution in [3.8, 4) is 22.4 Å². The van der Waals surface area contributed by atoms with Crippen LogP contribution in [0.3, 0.4) is 0 Å². The summed E-state index contributed by atoms with van der Waals surface area (Å²) in [6.45, 7) is 28.7. The fourth-order valence-electron chi connectivity index (χ4n) is 11.1. The van der Waals surface area contributed by atoms with Crippen molar-refractivity contribution >= 4 is 27.1 Å². The summed E-state index contributed by atoms with van der Waals surface area (Å²) < 4.78 is 2.44. The van der Waals surface area contributed by atoms with E-state index < -0.39 is 0 Å². The zero-order valence-corrected chi connectivity index (χ0v) is 33.4. The molecule has 53 heavy (non-hydrogen) atoms. The normalized spacial score (nSPS) is 21.2. The summed E-state index contributed by atoms with van der Waals surface area (Å²) in [4.78, 5) is 0. The molecule has 0 saturated carbocycles. The zero-order chi connectivity index (χ0) is 37.3. The predicted molar refractivity (Wildman–Crippen MR) is 226 cm³/mol. The molecule has 0 fully saturated rings. The Balaban J connectivity index is 1.18. The molecule has 10 rings (SSSR count).